The average Bonchev–Trinajstić information content (AvgIpc) is 2.83. The van der Waals surface area contributed by atoms with E-state index >= 15 is 0 Å². The molecule has 5 nitrogen and oxygen atoms in total. The molecule has 2 rings (SSSR count). The van der Waals surface area contributed by atoms with E-state index in [0.717, 1.165) is 26.0 Å². The largest absolute Gasteiger partial charge is 0.378 e. The van der Waals surface area contributed by atoms with Gasteiger partial charge in [-0.1, -0.05) is 0 Å². The van der Waals surface area contributed by atoms with Crippen LogP contribution in [0.3, 0.4) is 0 Å². The van der Waals surface area contributed by atoms with Crippen molar-refractivity contribution in [2.75, 3.05) is 26.4 Å². The normalized spacial score (nSPS) is 32.3. The van der Waals surface area contributed by atoms with Gasteiger partial charge in [-0.3, -0.25) is 4.79 Å². The first kappa shape index (κ1) is 11.8. The lowest BCUT2D eigenvalue weighted by Crippen LogP contribution is -2.54. The van der Waals surface area contributed by atoms with E-state index in [0.29, 0.717) is 13.2 Å². The molecule has 0 aromatic rings. The molecule has 0 aliphatic carbocycles. The van der Waals surface area contributed by atoms with Crippen LogP contribution >= 0.6 is 0 Å². The number of ether oxygens (including phenoxy) is 2. The fraction of sp³-hybridized carbons (Fsp3) is 0.909. The summed E-state index contributed by atoms with van der Waals surface area (Å²) >= 11 is 0. The monoisotopic (exact) mass is 228 g/mol. The van der Waals surface area contributed by atoms with Gasteiger partial charge in [0.05, 0.1) is 25.4 Å². The molecule has 0 bridgehead atoms. The number of hydrogen-bond donors (Lipinski definition) is 2. The van der Waals surface area contributed by atoms with Crippen molar-refractivity contribution >= 4 is 5.91 Å². The molecule has 2 aliphatic rings. The second-order valence-electron chi connectivity index (χ2n) is 4.43. The molecule has 2 aliphatic heterocycles. The highest BCUT2D eigenvalue weighted by molar-refractivity contribution is 5.82. The van der Waals surface area contributed by atoms with Crippen LogP contribution in [0.1, 0.15) is 19.8 Å². The van der Waals surface area contributed by atoms with E-state index < -0.39 is 0 Å². The molecular weight excluding hydrogens is 208 g/mol. The zero-order chi connectivity index (χ0) is 11.4. The maximum atomic E-state index is 11.9. The third-order valence-corrected chi connectivity index (χ3v) is 3.13. The molecule has 0 aromatic heterocycles. The fourth-order valence-corrected chi connectivity index (χ4v) is 2.15. The molecule has 0 spiro atoms. The van der Waals surface area contributed by atoms with Gasteiger partial charge in [-0.2, -0.15) is 0 Å². The van der Waals surface area contributed by atoms with Gasteiger partial charge in [-0.15, -0.1) is 0 Å². The smallest absolute Gasteiger partial charge is 0.239 e. The van der Waals surface area contributed by atoms with E-state index in [4.69, 9.17) is 9.47 Å². The van der Waals surface area contributed by atoms with Crippen LogP contribution in [-0.4, -0.2) is 50.5 Å². The zero-order valence-electron chi connectivity index (χ0n) is 9.70. The van der Waals surface area contributed by atoms with Crippen molar-refractivity contribution in [2.45, 2.75) is 38.0 Å². The molecule has 5 heteroatoms. The maximum Gasteiger partial charge on any atom is 0.239 e. The SMILES string of the molecule is CC(NC(=O)C1COCCN1)C1CCCO1. The van der Waals surface area contributed by atoms with E-state index in [1.807, 2.05) is 6.92 Å². The predicted molar refractivity (Wildman–Crippen MR) is 59.2 cm³/mol. The molecule has 0 saturated carbocycles. The quantitative estimate of drug-likeness (QED) is 0.694. The molecular formula is C11H20N2O3. The van der Waals surface area contributed by atoms with Crippen LogP contribution in [0.25, 0.3) is 0 Å². The van der Waals surface area contributed by atoms with Gasteiger partial charge in [0.15, 0.2) is 0 Å². The Bertz CT molecular complexity index is 235. The predicted octanol–water partition coefficient (Wildman–Crippen LogP) is -0.341. The Hall–Kier alpha value is -0.650. The van der Waals surface area contributed by atoms with Crippen LogP contribution in [0.4, 0.5) is 0 Å². The lowest BCUT2D eigenvalue weighted by molar-refractivity contribution is -0.127. The molecule has 0 aromatic carbocycles. The van der Waals surface area contributed by atoms with Gasteiger partial charge < -0.3 is 20.1 Å². The van der Waals surface area contributed by atoms with E-state index in [1.54, 1.807) is 0 Å². The van der Waals surface area contributed by atoms with Crippen LogP contribution in [0.5, 0.6) is 0 Å². The van der Waals surface area contributed by atoms with E-state index in [9.17, 15) is 4.79 Å². The van der Waals surface area contributed by atoms with Gasteiger partial charge in [-0.05, 0) is 19.8 Å². The van der Waals surface area contributed by atoms with Crippen LogP contribution in [0, 0.1) is 0 Å². The van der Waals surface area contributed by atoms with Crippen molar-refractivity contribution in [1.82, 2.24) is 10.6 Å². The maximum absolute atomic E-state index is 11.9. The third-order valence-electron chi connectivity index (χ3n) is 3.13. The van der Waals surface area contributed by atoms with Crippen LogP contribution < -0.4 is 10.6 Å². The van der Waals surface area contributed by atoms with Crippen LogP contribution in [-0.2, 0) is 14.3 Å². The highest BCUT2D eigenvalue weighted by Crippen LogP contribution is 2.15. The number of hydrogen-bond acceptors (Lipinski definition) is 4. The Kier molecular flexibility index (Phi) is 4.15. The molecule has 16 heavy (non-hydrogen) atoms. The van der Waals surface area contributed by atoms with Gasteiger partial charge in [0, 0.05) is 13.2 Å². The summed E-state index contributed by atoms with van der Waals surface area (Å²) in [5.74, 6) is 0.0164. The number of carbonyl (C=O) groups excluding carboxylic acids is 1. The molecule has 2 fully saturated rings. The minimum absolute atomic E-state index is 0.0164. The number of nitrogens with one attached hydrogen (secondary N) is 2. The average molecular weight is 228 g/mol. The van der Waals surface area contributed by atoms with E-state index in [2.05, 4.69) is 10.6 Å². The Morgan fingerprint density at radius 1 is 1.50 bits per heavy atom. The minimum atomic E-state index is -0.211. The molecule has 1 amide bonds. The van der Waals surface area contributed by atoms with Gasteiger partial charge in [0.2, 0.25) is 5.91 Å². The van der Waals surface area contributed by atoms with Crippen molar-refractivity contribution in [1.29, 1.82) is 0 Å². The molecule has 3 atom stereocenters. The van der Waals surface area contributed by atoms with Crippen molar-refractivity contribution in [3.8, 4) is 0 Å². The zero-order valence-corrected chi connectivity index (χ0v) is 9.70. The first-order valence-electron chi connectivity index (χ1n) is 6.00. The first-order chi connectivity index (χ1) is 7.77. The van der Waals surface area contributed by atoms with Gasteiger partial charge in [-0.25, -0.2) is 0 Å². The summed E-state index contributed by atoms with van der Waals surface area (Å²) in [6.07, 6.45) is 2.31. The van der Waals surface area contributed by atoms with Gasteiger partial charge in [0.1, 0.15) is 6.04 Å². The number of amides is 1. The van der Waals surface area contributed by atoms with Crippen molar-refractivity contribution in [2.24, 2.45) is 0 Å². The summed E-state index contributed by atoms with van der Waals surface area (Å²) in [4.78, 5) is 11.9. The summed E-state index contributed by atoms with van der Waals surface area (Å²) in [5.41, 5.74) is 0. The Morgan fingerprint density at radius 2 is 2.38 bits per heavy atom. The second kappa shape index (κ2) is 5.61. The van der Waals surface area contributed by atoms with Gasteiger partial charge in [0.25, 0.3) is 0 Å². The van der Waals surface area contributed by atoms with Crippen molar-refractivity contribution in [3.05, 3.63) is 0 Å². The molecule has 2 N–H and O–H groups in total. The Labute approximate surface area is 95.9 Å². The number of rotatable bonds is 3. The summed E-state index contributed by atoms with van der Waals surface area (Å²) in [7, 11) is 0. The standard InChI is InChI=1S/C11H20N2O3/c1-8(10-3-2-5-16-10)13-11(14)9-7-15-6-4-12-9/h8-10,12H,2-7H2,1H3,(H,13,14). The summed E-state index contributed by atoms with van der Waals surface area (Å²) in [6.45, 7) is 4.70. The molecule has 92 valence electrons. The lowest BCUT2D eigenvalue weighted by Gasteiger charge is -2.26. The highest BCUT2D eigenvalue weighted by Gasteiger charge is 2.27. The number of morpholine rings is 1. The van der Waals surface area contributed by atoms with E-state index in [-0.39, 0.29) is 24.1 Å². The molecule has 3 unspecified atom stereocenters. The van der Waals surface area contributed by atoms with Crippen LogP contribution in [0.15, 0.2) is 0 Å². The van der Waals surface area contributed by atoms with E-state index in [1.165, 1.54) is 0 Å². The van der Waals surface area contributed by atoms with Gasteiger partial charge >= 0.3 is 0 Å². The second-order valence-corrected chi connectivity index (χ2v) is 4.43. The van der Waals surface area contributed by atoms with Crippen LogP contribution in [0.2, 0.25) is 0 Å². The lowest BCUT2D eigenvalue weighted by atomic mass is 10.1. The molecule has 2 saturated heterocycles. The highest BCUT2D eigenvalue weighted by atomic mass is 16.5. The van der Waals surface area contributed by atoms with Crippen molar-refractivity contribution in [3.63, 3.8) is 0 Å². The number of carbonyl (C=O) groups is 1. The topological polar surface area (TPSA) is 59.6 Å². The minimum Gasteiger partial charge on any atom is -0.378 e. The first-order valence-corrected chi connectivity index (χ1v) is 6.00. The third kappa shape index (κ3) is 2.93. The molecule has 2 heterocycles. The molecule has 0 radical (unpaired) electrons. The Balaban J connectivity index is 1.76. The Morgan fingerprint density at radius 3 is 3.00 bits per heavy atom. The van der Waals surface area contributed by atoms with Crippen molar-refractivity contribution < 1.29 is 14.3 Å². The summed E-state index contributed by atoms with van der Waals surface area (Å²) in [5, 5.41) is 6.12. The fourth-order valence-electron chi connectivity index (χ4n) is 2.15. The summed E-state index contributed by atoms with van der Waals surface area (Å²) < 4.78 is 10.8. The summed E-state index contributed by atoms with van der Waals surface area (Å²) in [6, 6.07) is -0.128.